The molecule has 0 fully saturated rings. The van der Waals surface area contributed by atoms with E-state index in [9.17, 15) is 0 Å². The van der Waals surface area contributed by atoms with Crippen molar-refractivity contribution in [1.82, 2.24) is 0 Å². The van der Waals surface area contributed by atoms with Crippen LogP contribution < -0.4 is 51.4 Å². The average molecular weight is 221 g/mol. The molecular weight excluding hydrogens is 219 g/mol. The van der Waals surface area contributed by atoms with Gasteiger partial charge in [0.1, 0.15) is 0 Å². The Kier molecular flexibility index (Phi) is 60.3. The van der Waals surface area contributed by atoms with Gasteiger partial charge in [-0.3, -0.25) is 0 Å². The van der Waals surface area contributed by atoms with Crippen LogP contribution in [-0.4, -0.2) is 53.4 Å². The Morgan fingerprint density at radius 2 is 0.818 bits per heavy atom. The summed E-state index contributed by atoms with van der Waals surface area (Å²) in [5, 5.41) is 29.5. The van der Waals surface area contributed by atoms with Crippen molar-refractivity contribution in [2.75, 3.05) is 0 Å². The molecule has 0 aliphatic carbocycles. The van der Waals surface area contributed by atoms with E-state index in [1.165, 1.54) is 0 Å². The smallest absolute Gasteiger partial charge is 0.412 e. The summed E-state index contributed by atoms with van der Waals surface area (Å²) < 4.78 is 0. The van der Waals surface area contributed by atoms with E-state index in [0.29, 0.717) is 0 Å². The van der Waals surface area contributed by atoms with E-state index in [4.69, 9.17) is 30.6 Å². The molecule has 0 spiro atoms. The van der Waals surface area contributed by atoms with Crippen molar-refractivity contribution < 1.29 is 67.0 Å². The Morgan fingerprint density at radius 3 is 0.818 bits per heavy atom. The fraction of sp³-hybridized carbons (Fsp3) is 0. The summed E-state index contributed by atoms with van der Waals surface area (Å²) >= 11 is 0. The topological polar surface area (TPSA) is 164 Å². The van der Waals surface area contributed by atoms with Crippen LogP contribution in [-0.2, 0) is 0 Å². The maximum absolute atomic E-state index is 8.25. The number of hydrogen-bond donors (Lipinski definition) is 0. The molecule has 0 heterocycles. The second kappa shape index (κ2) is 22.5. The van der Waals surface area contributed by atoms with Gasteiger partial charge in [-0.05, 0) is 0 Å². The Hall–Kier alpha value is 1.26. The molecule has 0 aromatic heterocycles. The van der Waals surface area contributed by atoms with Gasteiger partial charge in [-0.2, -0.15) is 0 Å². The van der Waals surface area contributed by atoms with E-state index < -0.39 is 10.2 Å². The zero-order chi connectivity index (χ0) is 7.15. The minimum absolute atomic E-state index is 0. The summed E-state index contributed by atoms with van der Waals surface area (Å²) in [6.07, 6.45) is 0. The molecule has 0 saturated carbocycles. The van der Waals surface area contributed by atoms with Crippen LogP contribution in [0.5, 0.6) is 0 Å². The quantitative estimate of drug-likeness (QED) is 0.226. The largest absolute Gasteiger partial charge is 2.00 e. The summed E-state index contributed by atoms with van der Waals surface area (Å²) in [5.74, 6) is 0. The van der Waals surface area contributed by atoms with Crippen molar-refractivity contribution in [3.8, 4) is 0 Å². The second-order valence-electron chi connectivity index (χ2n) is 0.447. The first kappa shape index (κ1) is 29.5. The number of nitrogens with zero attached hydrogens (tertiary/aromatic N) is 2. The molecule has 0 saturated heterocycles. The Morgan fingerprint density at radius 1 is 0.818 bits per heavy atom. The van der Waals surface area contributed by atoms with Gasteiger partial charge < -0.3 is 36.1 Å². The summed E-state index contributed by atoms with van der Waals surface area (Å²) in [6.45, 7) is 0. The molecule has 0 aromatic rings. The van der Waals surface area contributed by atoms with Crippen LogP contribution >= 0.6 is 0 Å². The Labute approximate surface area is 133 Å². The van der Waals surface area contributed by atoms with E-state index in [1.54, 1.807) is 0 Å². The maximum Gasteiger partial charge on any atom is 2.00 e. The third-order valence-corrected chi connectivity index (χ3v) is 0. The van der Waals surface area contributed by atoms with Crippen molar-refractivity contribution in [3.63, 3.8) is 0 Å². The molecule has 0 rings (SSSR count). The monoisotopic (exact) mass is 221 g/mol. The molecule has 0 unspecified atom stereocenters. The molecule has 11 heavy (non-hydrogen) atoms. The third kappa shape index (κ3) is 611. The van der Waals surface area contributed by atoms with E-state index >= 15 is 0 Å². The maximum atomic E-state index is 8.25. The summed E-state index contributed by atoms with van der Waals surface area (Å²) in [5.41, 5.74) is 0. The molecule has 9 nitrogen and oxygen atoms in total. The fourth-order valence-electron chi connectivity index (χ4n) is 0. The minimum Gasteiger partial charge on any atom is -0.412 e. The summed E-state index contributed by atoms with van der Waals surface area (Å²) in [6, 6.07) is 0. The molecule has 0 amide bonds. The third-order valence-electron chi connectivity index (χ3n) is 0. The predicted molar refractivity (Wildman–Crippen MR) is 30.1 cm³/mol. The minimum atomic E-state index is -1.75. The molecular formula is H2CaKN2O7+. The van der Waals surface area contributed by atoms with Crippen molar-refractivity contribution in [2.45, 2.75) is 0 Å². The van der Waals surface area contributed by atoms with Crippen LogP contribution in [0, 0.1) is 30.6 Å². The van der Waals surface area contributed by atoms with Crippen LogP contribution in [0.15, 0.2) is 0 Å². The van der Waals surface area contributed by atoms with Gasteiger partial charge in [0.05, 0.1) is 10.2 Å². The number of hydrogen-bond acceptors (Lipinski definition) is 6. The van der Waals surface area contributed by atoms with Crippen molar-refractivity contribution >= 4 is 37.7 Å². The first-order chi connectivity index (χ1) is 3.46. The van der Waals surface area contributed by atoms with Crippen LogP contribution in [0.4, 0.5) is 0 Å². The molecule has 11 heteroatoms. The molecule has 0 bridgehead atoms. The molecule has 56 valence electrons. The summed E-state index contributed by atoms with van der Waals surface area (Å²) in [4.78, 5) is 16.5. The van der Waals surface area contributed by atoms with Crippen LogP contribution in [0.1, 0.15) is 0 Å². The fourth-order valence-corrected chi connectivity index (χ4v) is 0. The summed E-state index contributed by atoms with van der Waals surface area (Å²) in [7, 11) is 0. The standard InChI is InChI=1S/Ca.K.2NO3.H2O/c;;2*2-1(3)4;/h;;;;1H2/q+2;+1;2*-1;. The van der Waals surface area contributed by atoms with Crippen molar-refractivity contribution in [1.29, 1.82) is 0 Å². The molecule has 0 aliphatic rings. The van der Waals surface area contributed by atoms with E-state index in [2.05, 4.69) is 0 Å². The van der Waals surface area contributed by atoms with Gasteiger partial charge in [0.15, 0.2) is 0 Å². The zero-order valence-electron chi connectivity index (χ0n) is 5.55. The van der Waals surface area contributed by atoms with Gasteiger partial charge in [-0.1, -0.05) is 0 Å². The van der Waals surface area contributed by atoms with Gasteiger partial charge in [0, 0.05) is 0 Å². The molecule has 0 radical (unpaired) electrons. The predicted octanol–water partition coefficient (Wildman–Crippen LogP) is -4.68. The van der Waals surface area contributed by atoms with Crippen LogP contribution in [0.2, 0.25) is 0 Å². The number of rotatable bonds is 0. The normalized spacial score (nSPS) is 4.36. The van der Waals surface area contributed by atoms with E-state index in [-0.39, 0.29) is 94.6 Å². The first-order valence-corrected chi connectivity index (χ1v) is 1.10. The molecule has 2 N–H and O–H groups in total. The van der Waals surface area contributed by atoms with Gasteiger partial charge in [-0.15, -0.1) is 0 Å². The zero-order valence-corrected chi connectivity index (χ0v) is 10.9. The van der Waals surface area contributed by atoms with Gasteiger partial charge >= 0.3 is 89.1 Å². The SMILES string of the molecule is O.O=[N+]([O-])[O-].O=[N+]([O-])[O-].[Ca+2].[K+]. The van der Waals surface area contributed by atoms with Crippen LogP contribution in [0.3, 0.4) is 0 Å². The first-order valence-electron chi connectivity index (χ1n) is 1.10. The van der Waals surface area contributed by atoms with E-state index in [1.807, 2.05) is 0 Å². The molecule has 0 aliphatic heterocycles. The Balaban J connectivity index is -0.0000000171. The van der Waals surface area contributed by atoms with Crippen molar-refractivity contribution in [3.05, 3.63) is 30.6 Å². The van der Waals surface area contributed by atoms with Gasteiger partial charge in [0.2, 0.25) is 0 Å². The second-order valence-corrected chi connectivity index (χ2v) is 0.447. The van der Waals surface area contributed by atoms with Gasteiger partial charge in [0.25, 0.3) is 0 Å². The average Bonchev–Trinajstić information content (AvgIpc) is 1.25. The molecule has 0 aromatic carbocycles. The van der Waals surface area contributed by atoms with E-state index in [0.717, 1.165) is 0 Å². The van der Waals surface area contributed by atoms with Gasteiger partial charge in [-0.25, -0.2) is 0 Å². The Bertz CT molecular complexity index is 74.4. The van der Waals surface area contributed by atoms with Crippen molar-refractivity contribution in [2.24, 2.45) is 0 Å². The molecule has 0 atom stereocenters. The van der Waals surface area contributed by atoms with Crippen LogP contribution in [0.25, 0.3) is 0 Å².